The van der Waals surface area contributed by atoms with E-state index in [1.165, 1.54) is 0 Å². The van der Waals surface area contributed by atoms with Gasteiger partial charge in [-0.05, 0) is 31.5 Å². The van der Waals surface area contributed by atoms with E-state index in [1.807, 2.05) is 85.4 Å². The summed E-state index contributed by atoms with van der Waals surface area (Å²) in [4.78, 5) is 0. The summed E-state index contributed by atoms with van der Waals surface area (Å²) in [7, 11) is 0. The van der Waals surface area contributed by atoms with Crippen LogP contribution in [-0.4, -0.2) is 20.0 Å². The number of aromatic nitrogens is 4. The molecule has 0 spiro atoms. The first-order valence-electron chi connectivity index (χ1n) is 9.34. The Balaban J connectivity index is 1.71. The standard InChI is InChI=1S/C23H20N6/c1-16-17(2)26-27-23(21(16)13-24)25-14-19-15-29(20-11-7-4-8-12-20)28-22(19)18-9-5-3-6-10-18/h3-12,15H,14H2,1-2H3,(H,25,27). The van der Waals surface area contributed by atoms with Crippen LogP contribution in [0.4, 0.5) is 5.82 Å². The van der Waals surface area contributed by atoms with Crippen molar-refractivity contribution in [1.29, 1.82) is 5.26 Å². The van der Waals surface area contributed by atoms with E-state index < -0.39 is 0 Å². The Hall–Kier alpha value is -3.98. The molecule has 0 saturated heterocycles. The van der Waals surface area contributed by atoms with Gasteiger partial charge < -0.3 is 5.32 Å². The molecule has 0 amide bonds. The molecule has 2 aromatic carbocycles. The average Bonchev–Trinajstić information content (AvgIpc) is 3.20. The molecule has 0 aliphatic carbocycles. The Kier molecular flexibility index (Phi) is 5.04. The molecule has 0 atom stereocenters. The summed E-state index contributed by atoms with van der Waals surface area (Å²) in [6, 6.07) is 22.3. The molecule has 29 heavy (non-hydrogen) atoms. The average molecular weight is 380 g/mol. The van der Waals surface area contributed by atoms with Gasteiger partial charge in [-0.3, -0.25) is 0 Å². The number of nitriles is 1. The van der Waals surface area contributed by atoms with Gasteiger partial charge in [-0.1, -0.05) is 48.5 Å². The molecule has 0 unspecified atom stereocenters. The number of nitrogens with one attached hydrogen (secondary N) is 1. The van der Waals surface area contributed by atoms with Gasteiger partial charge in [-0.25, -0.2) is 4.68 Å². The molecule has 6 heteroatoms. The zero-order chi connectivity index (χ0) is 20.2. The van der Waals surface area contributed by atoms with Gasteiger partial charge in [0.15, 0.2) is 5.82 Å². The molecular formula is C23H20N6. The highest BCUT2D eigenvalue weighted by Gasteiger charge is 2.15. The van der Waals surface area contributed by atoms with Crippen LogP contribution in [0.15, 0.2) is 66.9 Å². The molecule has 4 aromatic rings. The summed E-state index contributed by atoms with van der Waals surface area (Å²) in [5.74, 6) is 0.488. The third-order valence-electron chi connectivity index (χ3n) is 4.87. The topological polar surface area (TPSA) is 79.4 Å². The first-order valence-corrected chi connectivity index (χ1v) is 9.34. The predicted octanol–water partition coefficient (Wildman–Crippen LogP) is 4.43. The minimum absolute atomic E-state index is 0.475. The number of aryl methyl sites for hydroxylation is 1. The predicted molar refractivity (Wildman–Crippen MR) is 113 cm³/mol. The third kappa shape index (κ3) is 3.71. The number of para-hydroxylation sites is 1. The molecule has 0 radical (unpaired) electrons. The van der Waals surface area contributed by atoms with Gasteiger partial charge >= 0.3 is 0 Å². The van der Waals surface area contributed by atoms with Crippen molar-refractivity contribution in [2.45, 2.75) is 20.4 Å². The summed E-state index contributed by atoms with van der Waals surface area (Å²) < 4.78 is 1.87. The van der Waals surface area contributed by atoms with Crippen LogP contribution in [0.25, 0.3) is 16.9 Å². The number of hydrogen-bond acceptors (Lipinski definition) is 5. The Morgan fingerprint density at radius 3 is 2.34 bits per heavy atom. The molecule has 0 saturated carbocycles. The van der Waals surface area contributed by atoms with Crippen molar-refractivity contribution in [3.63, 3.8) is 0 Å². The first kappa shape index (κ1) is 18.4. The minimum atomic E-state index is 0.475. The lowest BCUT2D eigenvalue weighted by atomic mass is 10.1. The van der Waals surface area contributed by atoms with Crippen LogP contribution in [0, 0.1) is 25.2 Å². The van der Waals surface area contributed by atoms with Gasteiger partial charge in [0, 0.05) is 23.9 Å². The van der Waals surface area contributed by atoms with E-state index in [9.17, 15) is 5.26 Å². The van der Waals surface area contributed by atoms with Crippen molar-refractivity contribution < 1.29 is 0 Å². The molecule has 1 N–H and O–H groups in total. The number of anilines is 1. The van der Waals surface area contributed by atoms with Gasteiger partial charge in [-0.2, -0.15) is 15.5 Å². The van der Waals surface area contributed by atoms with Crippen molar-refractivity contribution in [2.24, 2.45) is 0 Å². The van der Waals surface area contributed by atoms with Crippen LogP contribution in [0.1, 0.15) is 22.4 Å². The summed E-state index contributed by atoms with van der Waals surface area (Å²) >= 11 is 0. The van der Waals surface area contributed by atoms with E-state index in [-0.39, 0.29) is 0 Å². The van der Waals surface area contributed by atoms with Crippen molar-refractivity contribution in [2.75, 3.05) is 5.32 Å². The molecule has 2 aromatic heterocycles. The van der Waals surface area contributed by atoms with E-state index in [1.54, 1.807) is 0 Å². The van der Waals surface area contributed by atoms with Gasteiger partial charge in [0.05, 0.1) is 17.1 Å². The maximum atomic E-state index is 9.53. The Labute approximate surface area is 169 Å². The zero-order valence-corrected chi connectivity index (χ0v) is 16.3. The minimum Gasteiger partial charge on any atom is -0.363 e. The second-order valence-corrected chi connectivity index (χ2v) is 6.75. The molecule has 0 bridgehead atoms. The summed E-state index contributed by atoms with van der Waals surface area (Å²) in [6.07, 6.45) is 2.01. The highest BCUT2D eigenvalue weighted by atomic mass is 15.3. The van der Waals surface area contributed by atoms with E-state index in [2.05, 4.69) is 21.6 Å². The van der Waals surface area contributed by atoms with Crippen molar-refractivity contribution in [1.82, 2.24) is 20.0 Å². The molecule has 4 rings (SSSR count). The van der Waals surface area contributed by atoms with Crippen LogP contribution in [0.3, 0.4) is 0 Å². The maximum absolute atomic E-state index is 9.53. The molecular weight excluding hydrogens is 360 g/mol. The van der Waals surface area contributed by atoms with Crippen LogP contribution in [0.5, 0.6) is 0 Å². The summed E-state index contributed by atoms with van der Waals surface area (Å²) in [5.41, 5.74) is 6.03. The Morgan fingerprint density at radius 2 is 1.66 bits per heavy atom. The van der Waals surface area contributed by atoms with Crippen LogP contribution >= 0.6 is 0 Å². The molecule has 0 aliphatic heterocycles. The molecule has 6 nitrogen and oxygen atoms in total. The van der Waals surface area contributed by atoms with E-state index >= 15 is 0 Å². The van der Waals surface area contributed by atoms with Crippen LogP contribution in [-0.2, 0) is 6.54 Å². The normalized spacial score (nSPS) is 10.5. The maximum Gasteiger partial charge on any atom is 0.167 e. The molecule has 142 valence electrons. The lowest BCUT2D eigenvalue weighted by molar-refractivity contribution is 0.883. The fourth-order valence-electron chi connectivity index (χ4n) is 3.14. The molecule has 2 heterocycles. The Bertz CT molecular complexity index is 1170. The van der Waals surface area contributed by atoms with Gasteiger partial charge in [0.25, 0.3) is 0 Å². The summed E-state index contributed by atoms with van der Waals surface area (Å²) in [5, 5.41) is 25.9. The molecule has 0 fully saturated rings. The third-order valence-corrected chi connectivity index (χ3v) is 4.87. The van der Waals surface area contributed by atoms with E-state index in [4.69, 9.17) is 5.10 Å². The summed E-state index contributed by atoms with van der Waals surface area (Å²) in [6.45, 7) is 4.21. The van der Waals surface area contributed by atoms with E-state index in [0.29, 0.717) is 17.9 Å². The number of benzene rings is 2. The fraction of sp³-hybridized carbons (Fsp3) is 0.130. The smallest absolute Gasteiger partial charge is 0.167 e. The highest BCUT2D eigenvalue weighted by molar-refractivity contribution is 5.64. The molecule has 0 aliphatic rings. The lowest BCUT2D eigenvalue weighted by Crippen LogP contribution is -2.07. The zero-order valence-electron chi connectivity index (χ0n) is 16.3. The van der Waals surface area contributed by atoms with Gasteiger partial charge in [0.2, 0.25) is 0 Å². The van der Waals surface area contributed by atoms with Crippen molar-refractivity contribution in [3.05, 3.63) is 89.2 Å². The second kappa shape index (κ2) is 7.95. The highest BCUT2D eigenvalue weighted by Crippen LogP contribution is 2.25. The van der Waals surface area contributed by atoms with E-state index in [0.717, 1.165) is 33.8 Å². The Morgan fingerprint density at radius 1 is 0.966 bits per heavy atom. The number of nitrogens with zero attached hydrogens (tertiary/aromatic N) is 5. The van der Waals surface area contributed by atoms with Crippen LogP contribution < -0.4 is 5.32 Å². The van der Waals surface area contributed by atoms with Crippen LogP contribution in [0.2, 0.25) is 0 Å². The lowest BCUT2D eigenvalue weighted by Gasteiger charge is -2.09. The van der Waals surface area contributed by atoms with Crippen molar-refractivity contribution >= 4 is 5.82 Å². The quantitative estimate of drug-likeness (QED) is 0.554. The monoisotopic (exact) mass is 380 g/mol. The SMILES string of the molecule is Cc1nnc(NCc2cn(-c3ccccc3)nc2-c2ccccc2)c(C#N)c1C. The largest absolute Gasteiger partial charge is 0.363 e. The van der Waals surface area contributed by atoms with Gasteiger partial charge in [0.1, 0.15) is 11.6 Å². The fourth-order valence-corrected chi connectivity index (χ4v) is 3.14. The number of hydrogen-bond donors (Lipinski definition) is 1. The number of rotatable bonds is 5. The van der Waals surface area contributed by atoms with Gasteiger partial charge in [-0.15, -0.1) is 5.10 Å². The van der Waals surface area contributed by atoms with Crippen molar-refractivity contribution in [3.8, 4) is 23.0 Å². The first-order chi connectivity index (χ1) is 14.2. The second-order valence-electron chi connectivity index (χ2n) is 6.75.